The minimum absolute atomic E-state index is 0.204. The minimum Gasteiger partial charge on any atom is -0.489 e. The molecule has 18 heavy (non-hydrogen) atoms. The fourth-order valence-corrected chi connectivity index (χ4v) is 1.80. The van der Waals surface area contributed by atoms with Crippen LogP contribution in [-0.4, -0.2) is 0 Å². The van der Waals surface area contributed by atoms with Crippen LogP contribution in [0.25, 0.3) is 0 Å². The predicted molar refractivity (Wildman–Crippen MR) is 71.1 cm³/mol. The van der Waals surface area contributed by atoms with Crippen LogP contribution in [0.3, 0.4) is 0 Å². The van der Waals surface area contributed by atoms with Gasteiger partial charge in [-0.15, -0.1) is 0 Å². The van der Waals surface area contributed by atoms with E-state index in [0.717, 1.165) is 11.3 Å². The third kappa shape index (κ3) is 2.80. The fourth-order valence-electron chi connectivity index (χ4n) is 1.80. The predicted octanol–water partition coefficient (Wildman–Crippen LogP) is 3.60. The van der Waals surface area contributed by atoms with Gasteiger partial charge in [0.05, 0.1) is 0 Å². The van der Waals surface area contributed by atoms with E-state index in [9.17, 15) is 4.39 Å². The highest BCUT2D eigenvalue weighted by atomic mass is 19.1. The number of ether oxygens (including phenoxy) is 1. The van der Waals surface area contributed by atoms with Gasteiger partial charge in [0.25, 0.3) is 0 Å². The molecule has 94 valence electrons. The molecule has 2 aromatic carbocycles. The first kappa shape index (κ1) is 12.4. The Morgan fingerprint density at radius 3 is 2.56 bits per heavy atom. The van der Waals surface area contributed by atoms with Crippen molar-refractivity contribution < 1.29 is 9.13 Å². The van der Waals surface area contributed by atoms with Gasteiger partial charge in [0, 0.05) is 11.3 Å². The van der Waals surface area contributed by atoms with Crippen LogP contribution in [0.5, 0.6) is 5.75 Å². The maximum atomic E-state index is 13.6. The van der Waals surface area contributed by atoms with Crippen molar-refractivity contribution in [3.8, 4) is 5.75 Å². The van der Waals surface area contributed by atoms with Gasteiger partial charge in [-0.3, -0.25) is 0 Å². The van der Waals surface area contributed by atoms with Crippen molar-refractivity contribution in [1.29, 1.82) is 0 Å². The van der Waals surface area contributed by atoms with Gasteiger partial charge < -0.3 is 10.5 Å². The third-order valence-electron chi connectivity index (χ3n) is 2.79. The maximum absolute atomic E-state index is 13.6. The first-order valence-corrected chi connectivity index (χ1v) is 5.80. The molecule has 0 heterocycles. The average molecular weight is 245 g/mol. The standard InChI is InChI=1S/C15H16FNO/c1-10-3-6-15(11(2)7-10)18-9-12-4-5-13(17)8-14(12)16/h3-8H,9,17H2,1-2H3. The van der Waals surface area contributed by atoms with Gasteiger partial charge >= 0.3 is 0 Å². The number of nitrogen functional groups attached to an aromatic ring is 1. The summed E-state index contributed by atoms with van der Waals surface area (Å²) in [7, 11) is 0. The molecular formula is C15H16FNO. The lowest BCUT2D eigenvalue weighted by Crippen LogP contribution is -2.00. The highest BCUT2D eigenvalue weighted by molar-refractivity contribution is 5.40. The molecule has 0 aliphatic carbocycles. The quantitative estimate of drug-likeness (QED) is 0.838. The molecule has 0 unspecified atom stereocenters. The van der Waals surface area contributed by atoms with Crippen molar-refractivity contribution in [3.05, 3.63) is 58.9 Å². The topological polar surface area (TPSA) is 35.2 Å². The Kier molecular flexibility index (Phi) is 3.51. The second-order valence-electron chi connectivity index (χ2n) is 4.41. The Balaban J connectivity index is 2.11. The van der Waals surface area contributed by atoms with E-state index in [2.05, 4.69) is 0 Å². The lowest BCUT2D eigenvalue weighted by atomic mass is 10.1. The third-order valence-corrected chi connectivity index (χ3v) is 2.79. The fraction of sp³-hybridized carbons (Fsp3) is 0.200. The van der Waals surface area contributed by atoms with Crippen LogP contribution in [0.4, 0.5) is 10.1 Å². The van der Waals surface area contributed by atoms with E-state index in [1.165, 1.54) is 11.6 Å². The van der Waals surface area contributed by atoms with Crippen LogP contribution >= 0.6 is 0 Å². The smallest absolute Gasteiger partial charge is 0.131 e. The first-order chi connectivity index (χ1) is 8.56. The molecule has 3 heteroatoms. The maximum Gasteiger partial charge on any atom is 0.131 e. The molecule has 2 rings (SSSR count). The van der Waals surface area contributed by atoms with Crippen molar-refractivity contribution in [3.63, 3.8) is 0 Å². The zero-order valence-electron chi connectivity index (χ0n) is 10.5. The number of hydrogen-bond donors (Lipinski definition) is 1. The Labute approximate surface area is 106 Å². The van der Waals surface area contributed by atoms with Crippen molar-refractivity contribution in [2.75, 3.05) is 5.73 Å². The highest BCUT2D eigenvalue weighted by Gasteiger charge is 2.05. The summed E-state index contributed by atoms with van der Waals surface area (Å²) in [4.78, 5) is 0. The van der Waals surface area contributed by atoms with Crippen LogP contribution in [0, 0.1) is 19.7 Å². The first-order valence-electron chi connectivity index (χ1n) is 5.80. The largest absolute Gasteiger partial charge is 0.489 e. The zero-order chi connectivity index (χ0) is 13.1. The number of rotatable bonds is 3. The number of anilines is 1. The van der Waals surface area contributed by atoms with Crippen LogP contribution in [0.2, 0.25) is 0 Å². The minimum atomic E-state index is -0.334. The number of aryl methyl sites for hydroxylation is 2. The molecular weight excluding hydrogens is 229 g/mol. The molecule has 0 bridgehead atoms. The molecule has 0 saturated heterocycles. The average Bonchev–Trinajstić information content (AvgIpc) is 2.30. The summed E-state index contributed by atoms with van der Waals surface area (Å²) in [6.45, 7) is 4.20. The van der Waals surface area contributed by atoms with Crippen LogP contribution in [0.15, 0.2) is 36.4 Å². The summed E-state index contributed by atoms with van der Waals surface area (Å²) in [5.41, 5.74) is 8.64. The van der Waals surface area contributed by atoms with Crippen LogP contribution < -0.4 is 10.5 Å². The summed E-state index contributed by atoms with van der Waals surface area (Å²) in [5, 5.41) is 0. The second-order valence-corrected chi connectivity index (χ2v) is 4.41. The molecule has 0 saturated carbocycles. The number of halogens is 1. The lowest BCUT2D eigenvalue weighted by Gasteiger charge is -2.10. The van der Waals surface area contributed by atoms with Crippen molar-refractivity contribution in [2.24, 2.45) is 0 Å². The normalized spacial score (nSPS) is 10.4. The summed E-state index contributed by atoms with van der Waals surface area (Å²) in [6.07, 6.45) is 0. The molecule has 0 aromatic heterocycles. The van der Waals surface area contributed by atoms with Crippen LogP contribution in [-0.2, 0) is 6.61 Å². The van der Waals surface area contributed by atoms with E-state index in [1.807, 2.05) is 32.0 Å². The molecule has 0 amide bonds. The molecule has 0 spiro atoms. The van der Waals surface area contributed by atoms with Crippen molar-refractivity contribution >= 4 is 5.69 Å². The molecule has 2 aromatic rings. The van der Waals surface area contributed by atoms with E-state index in [0.29, 0.717) is 11.3 Å². The molecule has 2 nitrogen and oxygen atoms in total. The summed E-state index contributed by atoms with van der Waals surface area (Å²) >= 11 is 0. The van der Waals surface area contributed by atoms with Gasteiger partial charge in [0.1, 0.15) is 18.2 Å². The van der Waals surface area contributed by atoms with Gasteiger partial charge in [-0.05, 0) is 37.6 Å². The van der Waals surface area contributed by atoms with Gasteiger partial charge in [0.2, 0.25) is 0 Å². The Morgan fingerprint density at radius 1 is 1.11 bits per heavy atom. The number of nitrogens with two attached hydrogens (primary N) is 1. The monoisotopic (exact) mass is 245 g/mol. The van der Waals surface area contributed by atoms with E-state index >= 15 is 0 Å². The summed E-state index contributed by atoms with van der Waals surface area (Å²) in [6, 6.07) is 10.5. The molecule has 0 aliphatic rings. The highest BCUT2D eigenvalue weighted by Crippen LogP contribution is 2.21. The van der Waals surface area contributed by atoms with Gasteiger partial charge in [-0.2, -0.15) is 0 Å². The summed E-state index contributed by atoms with van der Waals surface area (Å²) in [5.74, 6) is 0.441. The molecule has 2 N–H and O–H groups in total. The van der Waals surface area contributed by atoms with Crippen molar-refractivity contribution in [1.82, 2.24) is 0 Å². The Hall–Kier alpha value is -2.03. The van der Waals surface area contributed by atoms with E-state index in [1.54, 1.807) is 12.1 Å². The summed E-state index contributed by atoms with van der Waals surface area (Å²) < 4.78 is 19.2. The molecule has 0 fully saturated rings. The van der Waals surface area contributed by atoms with Gasteiger partial charge in [-0.1, -0.05) is 23.8 Å². The van der Waals surface area contributed by atoms with Crippen molar-refractivity contribution in [2.45, 2.75) is 20.5 Å². The number of hydrogen-bond acceptors (Lipinski definition) is 2. The van der Waals surface area contributed by atoms with E-state index in [4.69, 9.17) is 10.5 Å². The van der Waals surface area contributed by atoms with Crippen LogP contribution in [0.1, 0.15) is 16.7 Å². The molecule has 0 aliphatic heterocycles. The Morgan fingerprint density at radius 2 is 1.89 bits per heavy atom. The van der Waals surface area contributed by atoms with Gasteiger partial charge in [-0.25, -0.2) is 4.39 Å². The SMILES string of the molecule is Cc1ccc(OCc2ccc(N)cc2F)c(C)c1. The zero-order valence-corrected chi connectivity index (χ0v) is 10.5. The number of benzene rings is 2. The molecule has 0 radical (unpaired) electrons. The second kappa shape index (κ2) is 5.08. The van der Waals surface area contributed by atoms with Gasteiger partial charge in [0.15, 0.2) is 0 Å². The van der Waals surface area contributed by atoms with E-state index < -0.39 is 0 Å². The Bertz CT molecular complexity index is 515. The van der Waals surface area contributed by atoms with E-state index in [-0.39, 0.29) is 12.4 Å². The lowest BCUT2D eigenvalue weighted by molar-refractivity contribution is 0.298. The molecule has 0 atom stereocenters.